The Morgan fingerprint density at radius 3 is 2.83 bits per heavy atom. The third-order valence-corrected chi connectivity index (χ3v) is 4.66. The second-order valence-corrected chi connectivity index (χ2v) is 6.42. The van der Waals surface area contributed by atoms with E-state index in [4.69, 9.17) is 16.3 Å². The number of ether oxygens (including phenoxy) is 1. The van der Waals surface area contributed by atoms with Crippen molar-refractivity contribution in [3.8, 4) is 5.75 Å². The summed E-state index contributed by atoms with van der Waals surface area (Å²) in [5.41, 5.74) is 2.88. The highest BCUT2D eigenvalue weighted by Gasteiger charge is 2.13. The molecule has 0 amide bonds. The second kappa shape index (κ2) is 7.71. The summed E-state index contributed by atoms with van der Waals surface area (Å²) in [5, 5.41) is 11.9. The number of hydrogen-bond acceptors (Lipinski definition) is 4. The highest BCUT2D eigenvalue weighted by molar-refractivity contribution is 6.32. The van der Waals surface area contributed by atoms with Gasteiger partial charge in [-0.1, -0.05) is 23.7 Å². The van der Waals surface area contributed by atoms with Crippen molar-refractivity contribution < 1.29 is 4.74 Å². The van der Waals surface area contributed by atoms with Crippen molar-refractivity contribution >= 4 is 17.8 Å². The van der Waals surface area contributed by atoms with E-state index in [-0.39, 0.29) is 0 Å². The Morgan fingerprint density at radius 1 is 1.29 bits per heavy atom. The number of aromatic nitrogens is 2. The minimum absolute atomic E-state index is 0.606. The van der Waals surface area contributed by atoms with E-state index in [2.05, 4.69) is 15.2 Å². The number of rotatable bonds is 5. The molecule has 3 rings (SSSR count). The van der Waals surface area contributed by atoms with Gasteiger partial charge < -0.3 is 4.74 Å². The Balaban J connectivity index is 1.76. The van der Waals surface area contributed by atoms with Crippen molar-refractivity contribution in [2.75, 3.05) is 20.2 Å². The van der Waals surface area contributed by atoms with Crippen molar-refractivity contribution in [3.63, 3.8) is 0 Å². The van der Waals surface area contributed by atoms with E-state index in [1.54, 1.807) is 7.11 Å². The first-order chi connectivity index (χ1) is 11.7. The normalized spacial score (nSPS) is 15.2. The number of benzene rings is 1. The molecule has 0 N–H and O–H groups in total. The largest absolute Gasteiger partial charge is 0.497 e. The molecule has 0 spiro atoms. The van der Waals surface area contributed by atoms with E-state index < -0.39 is 0 Å². The van der Waals surface area contributed by atoms with E-state index in [9.17, 15) is 0 Å². The van der Waals surface area contributed by atoms with Crippen LogP contribution in [0.2, 0.25) is 5.15 Å². The van der Waals surface area contributed by atoms with E-state index >= 15 is 0 Å². The maximum absolute atomic E-state index is 6.53. The molecular weight excluding hydrogens is 324 g/mol. The number of hydrazone groups is 1. The molecular formula is C18H23ClN4O. The molecule has 0 atom stereocenters. The molecule has 0 aliphatic carbocycles. The molecule has 1 saturated heterocycles. The first-order valence-corrected chi connectivity index (χ1v) is 8.70. The standard InChI is InChI=1S/C18H23ClN4O/c1-14-17(12-20-22-9-4-3-5-10-22)18(19)23(21-14)13-15-7-6-8-16(11-15)24-2/h6-8,11-12H,3-5,9-10,13H2,1-2H3/b20-12+. The van der Waals surface area contributed by atoms with Gasteiger partial charge in [0.05, 0.1) is 31.1 Å². The molecule has 1 fully saturated rings. The zero-order valence-electron chi connectivity index (χ0n) is 14.2. The third kappa shape index (κ3) is 3.90. The van der Waals surface area contributed by atoms with Gasteiger partial charge in [0.25, 0.3) is 0 Å². The van der Waals surface area contributed by atoms with Crippen LogP contribution in [0, 0.1) is 6.92 Å². The smallest absolute Gasteiger partial charge is 0.136 e. The molecule has 0 radical (unpaired) electrons. The van der Waals surface area contributed by atoms with E-state index in [1.807, 2.05) is 42.1 Å². The summed E-state index contributed by atoms with van der Waals surface area (Å²) in [6.07, 6.45) is 5.56. The molecule has 0 unspecified atom stereocenters. The molecule has 1 aliphatic heterocycles. The fraction of sp³-hybridized carbons (Fsp3) is 0.444. The van der Waals surface area contributed by atoms with E-state index in [1.165, 1.54) is 19.3 Å². The van der Waals surface area contributed by atoms with Gasteiger partial charge in [0.1, 0.15) is 10.9 Å². The quantitative estimate of drug-likeness (QED) is 0.775. The van der Waals surface area contributed by atoms with Crippen molar-refractivity contribution in [1.29, 1.82) is 0 Å². The highest BCUT2D eigenvalue weighted by atomic mass is 35.5. The summed E-state index contributed by atoms with van der Waals surface area (Å²) in [4.78, 5) is 0. The lowest BCUT2D eigenvalue weighted by atomic mass is 10.2. The molecule has 1 aromatic carbocycles. The number of piperidine rings is 1. The van der Waals surface area contributed by atoms with Crippen LogP contribution in [0.15, 0.2) is 29.4 Å². The highest BCUT2D eigenvalue weighted by Crippen LogP contribution is 2.21. The molecule has 1 aromatic heterocycles. The molecule has 2 aromatic rings. The summed E-state index contributed by atoms with van der Waals surface area (Å²) in [7, 11) is 1.67. The van der Waals surface area contributed by atoms with Gasteiger partial charge in [-0.15, -0.1) is 0 Å². The first-order valence-electron chi connectivity index (χ1n) is 8.32. The fourth-order valence-corrected chi connectivity index (χ4v) is 3.18. The van der Waals surface area contributed by atoms with E-state index in [0.717, 1.165) is 35.7 Å². The summed E-state index contributed by atoms with van der Waals surface area (Å²) in [6.45, 7) is 4.61. The van der Waals surface area contributed by atoms with Crippen LogP contribution in [0.5, 0.6) is 5.75 Å². The predicted molar refractivity (Wildman–Crippen MR) is 97.1 cm³/mol. The summed E-state index contributed by atoms with van der Waals surface area (Å²) >= 11 is 6.53. The van der Waals surface area contributed by atoms with Crippen molar-refractivity contribution in [2.24, 2.45) is 5.10 Å². The summed E-state index contributed by atoms with van der Waals surface area (Å²) < 4.78 is 7.08. The van der Waals surface area contributed by atoms with Gasteiger partial charge in [-0.3, -0.25) is 5.01 Å². The Hall–Kier alpha value is -2.01. The van der Waals surface area contributed by atoms with Crippen LogP contribution in [-0.2, 0) is 6.54 Å². The molecule has 0 bridgehead atoms. The van der Waals surface area contributed by atoms with Gasteiger partial charge in [-0.05, 0) is 43.9 Å². The first kappa shape index (κ1) is 16.8. The number of methoxy groups -OCH3 is 1. The minimum Gasteiger partial charge on any atom is -0.497 e. The fourth-order valence-electron chi connectivity index (χ4n) is 2.89. The maximum atomic E-state index is 6.53. The molecule has 24 heavy (non-hydrogen) atoms. The van der Waals surface area contributed by atoms with Gasteiger partial charge in [-0.2, -0.15) is 10.2 Å². The Labute approximate surface area is 147 Å². The van der Waals surface area contributed by atoms with Gasteiger partial charge in [-0.25, -0.2) is 4.68 Å². The maximum Gasteiger partial charge on any atom is 0.136 e. The number of aryl methyl sites for hydroxylation is 1. The zero-order valence-corrected chi connectivity index (χ0v) is 15.0. The molecule has 0 saturated carbocycles. The van der Waals surface area contributed by atoms with Crippen LogP contribution in [-0.4, -0.2) is 41.2 Å². The second-order valence-electron chi connectivity index (χ2n) is 6.06. The average Bonchev–Trinajstić information content (AvgIpc) is 2.87. The number of hydrogen-bond donors (Lipinski definition) is 0. The molecule has 6 heteroatoms. The lowest BCUT2D eigenvalue weighted by Crippen LogP contribution is -2.24. The topological polar surface area (TPSA) is 42.6 Å². The minimum atomic E-state index is 0.606. The summed E-state index contributed by atoms with van der Waals surface area (Å²) in [6, 6.07) is 7.93. The van der Waals surface area contributed by atoms with Gasteiger partial charge in [0, 0.05) is 13.1 Å². The molecule has 2 heterocycles. The van der Waals surface area contributed by atoms with Crippen LogP contribution in [0.4, 0.5) is 0 Å². The van der Waals surface area contributed by atoms with E-state index in [0.29, 0.717) is 11.7 Å². The Morgan fingerprint density at radius 2 is 2.08 bits per heavy atom. The lowest BCUT2D eigenvalue weighted by molar-refractivity contribution is 0.240. The van der Waals surface area contributed by atoms with Crippen molar-refractivity contribution in [1.82, 2.24) is 14.8 Å². The van der Waals surface area contributed by atoms with Crippen LogP contribution in [0.25, 0.3) is 0 Å². The number of nitrogens with zero attached hydrogens (tertiary/aromatic N) is 4. The monoisotopic (exact) mass is 346 g/mol. The molecule has 5 nitrogen and oxygen atoms in total. The van der Waals surface area contributed by atoms with Crippen molar-refractivity contribution in [2.45, 2.75) is 32.7 Å². The van der Waals surface area contributed by atoms with Crippen LogP contribution in [0.3, 0.4) is 0 Å². The molecule has 1 aliphatic rings. The third-order valence-electron chi connectivity index (χ3n) is 4.26. The Bertz CT molecular complexity index is 720. The van der Waals surface area contributed by atoms with Gasteiger partial charge in [0.15, 0.2) is 0 Å². The lowest BCUT2D eigenvalue weighted by Gasteiger charge is -2.23. The van der Waals surface area contributed by atoms with Crippen molar-refractivity contribution in [3.05, 3.63) is 46.2 Å². The number of halogens is 1. The van der Waals surface area contributed by atoms with Gasteiger partial charge >= 0.3 is 0 Å². The average molecular weight is 347 g/mol. The predicted octanol–water partition coefficient (Wildman–Crippen LogP) is 3.72. The molecule has 128 valence electrons. The van der Waals surface area contributed by atoms with Gasteiger partial charge in [0.2, 0.25) is 0 Å². The Kier molecular flexibility index (Phi) is 5.41. The summed E-state index contributed by atoms with van der Waals surface area (Å²) in [5.74, 6) is 0.833. The van der Waals surface area contributed by atoms with Crippen LogP contribution >= 0.6 is 11.6 Å². The van der Waals surface area contributed by atoms with Crippen LogP contribution in [0.1, 0.15) is 36.1 Å². The van der Waals surface area contributed by atoms with Crippen LogP contribution < -0.4 is 4.74 Å². The SMILES string of the molecule is COc1cccc(Cn2nc(C)c(/C=N/N3CCCCC3)c2Cl)c1. The zero-order chi connectivity index (χ0) is 16.9.